The molecular weight excluding hydrogens is 449 g/mol. The summed E-state index contributed by atoms with van der Waals surface area (Å²) in [6.07, 6.45) is 2.03. The lowest BCUT2D eigenvalue weighted by atomic mass is 9.96. The van der Waals surface area contributed by atoms with E-state index in [1.165, 1.54) is 7.11 Å². The third kappa shape index (κ3) is 5.63. The van der Waals surface area contributed by atoms with Crippen molar-refractivity contribution in [3.05, 3.63) is 69.9 Å². The molecule has 32 heavy (non-hydrogen) atoms. The van der Waals surface area contributed by atoms with Crippen molar-refractivity contribution >= 4 is 29.1 Å². The van der Waals surface area contributed by atoms with Gasteiger partial charge in [-0.3, -0.25) is 9.69 Å². The molecule has 1 fully saturated rings. The lowest BCUT2D eigenvalue weighted by Crippen LogP contribution is -2.38. The maximum absolute atomic E-state index is 12.5. The number of carbonyl (C=O) groups excluding carboxylic acids is 1. The Hall–Kier alpha value is -2.54. The van der Waals surface area contributed by atoms with Gasteiger partial charge >= 0.3 is 0 Å². The largest absolute Gasteiger partial charge is 0.495 e. The van der Waals surface area contributed by atoms with Crippen molar-refractivity contribution in [1.82, 2.24) is 15.4 Å². The van der Waals surface area contributed by atoms with Gasteiger partial charge < -0.3 is 14.6 Å². The van der Waals surface area contributed by atoms with Crippen LogP contribution in [0, 0.1) is 5.92 Å². The number of piperidine rings is 1. The van der Waals surface area contributed by atoms with Crippen LogP contribution in [0.5, 0.6) is 5.75 Å². The number of carbonyl (C=O) groups is 1. The summed E-state index contributed by atoms with van der Waals surface area (Å²) in [5, 5.41) is 8.38. The Labute approximate surface area is 197 Å². The minimum atomic E-state index is -0.113. The lowest BCUT2D eigenvalue weighted by molar-refractivity contribution is 0.0933. The highest BCUT2D eigenvalue weighted by Crippen LogP contribution is 2.26. The first kappa shape index (κ1) is 22.6. The van der Waals surface area contributed by atoms with Gasteiger partial charge in [-0.2, -0.15) is 0 Å². The summed E-state index contributed by atoms with van der Waals surface area (Å²) in [6, 6.07) is 14.6. The second-order valence-corrected chi connectivity index (χ2v) is 8.81. The van der Waals surface area contributed by atoms with Crippen LogP contribution in [0.4, 0.5) is 0 Å². The number of nitrogens with zero attached hydrogens (tertiary/aromatic N) is 2. The van der Waals surface area contributed by atoms with E-state index >= 15 is 0 Å². The van der Waals surface area contributed by atoms with Crippen molar-refractivity contribution in [2.75, 3.05) is 26.7 Å². The fourth-order valence-corrected chi connectivity index (χ4v) is 4.27. The number of halogens is 2. The molecule has 0 bridgehead atoms. The topological polar surface area (TPSA) is 67.6 Å². The molecule has 0 aliphatic carbocycles. The number of nitrogens with one attached hydrogen (secondary N) is 1. The van der Waals surface area contributed by atoms with E-state index in [1.807, 2.05) is 30.3 Å². The number of hydrogen-bond donors (Lipinski definition) is 1. The molecule has 0 unspecified atom stereocenters. The van der Waals surface area contributed by atoms with Crippen LogP contribution in [0.1, 0.15) is 29.0 Å². The van der Waals surface area contributed by atoms with Crippen LogP contribution in [0.15, 0.2) is 53.1 Å². The number of likely N-dealkylation sites (tertiary alicyclic amines) is 1. The van der Waals surface area contributed by atoms with Crippen molar-refractivity contribution in [3.63, 3.8) is 0 Å². The zero-order valence-corrected chi connectivity index (χ0v) is 19.3. The predicted molar refractivity (Wildman–Crippen MR) is 125 cm³/mol. The number of amides is 1. The van der Waals surface area contributed by atoms with E-state index in [0.717, 1.165) is 49.5 Å². The summed E-state index contributed by atoms with van der Waals surface area (Å²) in [6.45, 7) is 3.26. The maximum atomic E-state index is 12.5. The molecule has 1 aliphatic heterocycles. The summed E-state index contributed by atoms with van der Waals surface area (Å²) < 4.78 is 10.7. The Morgan fingerprint density at radius 3 is 2.75 bits per heavy atom. The highest BCUT2D eigenvalue weighted by molar-refractivity contribution is 6.32. The molecular formula is C24H25Cl2N3O3. The van der Waals surface area contributed by atoms with Crippen molar-refractivity contribution in [2.45, 2.75) is 19.4 Å². The highest BCUT2D eigenvalue weighted by Gasteiger charge is 2.21. The number of rotatable bonds is 7. The predicted octanol–water partition coefficient (Wildman–Crippen LogP) is 5.30. The molecule has 0 atom stereocenters. The first-order chi connectivity index (χ1) is 15.5. The molecule has 1 N–H and O–H groups in total. The Bertz CT molecular complexity index is 1080. The lowest BCUT2D eigenvalue weighted by Gasteiger charge is -2.31. The van der Waals surface area contributed by atoms with Crippen molar-refractivity contribution in [2.24, 2.45) is 5.92 Å². The second-order valence-electron chi connectivity index (χ2n) is 7.97. The molecule has 1 aliphatic rings. The van der Waals surface area contributed by atoms with E-state index in [9.17, 15) is 4.79 Å². The Balaban J connectivity index is 1.24. The standard InChI is InChI=1S/C24H25Cl2N3O3/c1-31-23-12-18(5-6-21(23)26)24(30)27-14-16-7-9-29(10-8-16)15-20-13-22(28-32-20)17-3-2-4-19(25)11-17/h2-6,11-13,16H,7-10,14-15H2,1H3,(H,27,30). The molecule has 0 radical (unpaired) electrons. The molecule has 0 saturated carbocycles. The van der Waals surface area contributed by atoms with Gasteiger partial charge in [-0.25, -0.2) is 0 Å². The van der Waals surface area contributed by atoms with E-state index in [2.05, 4.69) is 15.4 Å². The maximum Gasteiger partial charge on any atom is 0.251 e. The van der Waals surface area contributed by atoms with Crippen LogP contribution >= 0.6 is 23.2 Å². The molecule has 168 valence electrons. The van der Waals surface area contributed by atoms with Gasteiger partial charge in [-0.15, -0.1) is 0 Å². The minimum Gasteiger partial charge on any atom is -0.495 e. The molecule has 6 nitrogen and oxygen atoms in total. The Morgan fingerprint density at radius 1 is 1.19 bits per heavy atom. The summed E-state index contributed by atoms with van der Waals surface area (Å²) in [4.78, 5) is 14.8. The minimum absolute atomic E-state index is 0.113. The molecule has 0 spiro atoms. The van der Waals surface area contributed by atoms with E-state index in [4.69, 9.17) is 32.5 Å². The fourth-order valence-electron chi connectivity index (χ4n) is 3.88. The van der Waals surface area contributed by atoms with Gasteiger partial charge in [0, 0.05) is 28.8 Å². The zero-order valence-electron chi connectivity index (χ0n) is 17.8. The van der Waals surface area contributed by atoms with E-state index in [-0.39, 0.29) is 5.91 Å². The van der Waals surface area contributed by atoms with Gasteiger partial charge in [0.2, 0.25) is 0 Å². The second kappa shape index (κ2) is 10.4. The van der Waals surface area contributed by atoms with E-state index in [1.54, 1.807) is 18.2 Å². The van der Waals surface area contributed by atoms with E-state index in [0.29, 0.717) is 33.8 Å². The number of ether oxygens (including phenoxy) is 1. The molecule has 8 heteroatoms. The molecule has 2 aromatic carbocycles. The van der Waals surface area contributed by atoms with Crippen LogP contribution in [0.25, 0.3) is 11.3 Å². The van der Waals surface area contributed by atoms with Crippen molar-refractivity contribution < 1.29 is 14.1 Å². The van der Waals surface area contributed by atoms with Crippen LogP contribution in [-0.2, 0) is 6.54 Å². The SMILES string of the molecule is COc1cc(C(=O)NCC2CCN(Cc3cc(-c4cccc(Cl)c4)no3)CC2)ccc1Cl. The van der Waals surface area contributed by atoms with Gasteiger partial charge in [0.05, 0.1) is 18.7 Å². The van der Waals surface area contributed by atoms with Crippen LogP contribution in [0.3, 0.4) is 0 Å². The fraction of sp³-hybridized carbons (Fsp3) is 0.333. The summed E-state index contributed by atoms with van der Waals surface area (Å²) in [7, 11) is 1.54. The molecule has 3 aromatic rings. The van der Waals surface area contributed by atoms with Crippen LogP contribution < -0.4 is 10.1 Å². The highest BCUT2D eigenvalue weighted by atomic mass is 35.5. The first-order valence-electron chi connectivity index (χ1n) is 10.6. The van der Waals surface area contributed by atoms with E-state index < -0.39 is 0 Å². The number of benzene rings is 2. The number of hydrogen-bond acceptors (Lipinski definition) is 5. The molecule has 1 aromatic heterocycles. The third-order valence-electron chi connectivity index (χ3n) is 5.73. The summed E-state index contributed by atoms with van der Waals surface area (Å²) in [5.74, 6) is 1.67. The monoisotopic (exact) mass is 473 g/mol. The van der Waals surface area contributed by atoms with Gasteiger partial charge in [-0.05, 0) is 62.2 Å². The molecule has 2 heterocycles. The van der Waals surface area contributed by atoms with Gasteiger partial charge in [0.25, 0.3) is 5.91 Å². The van der Waals surface area contributed by atoms with Crippen molar-refractivity contribution in [1.29, 1.82) is 0 Å². The molecule has 4 rings (SSSR count). The van der Waals surface area contributed by atoms with Crippen LogP contribution in [-0.4, -0.2) is 42.7 Å². The molecule has 1 amide bonds. The quantitative estimate of drug-likeness (QED) is 0.504. The first-order valence-corrected chi connectivity index (χ1v) is 11.3. The average molecular weight is 474 g/mol. The molecule has 1 saturated heterocycles. The normalized spacial score (nSPS) is 15.0. The summed E-state index contributed by atoms with van der Waals surface area (Å²) >= 11 is 12.1. The average Bonchev–Trinajstić information content (AvgIpc) is 3.27. The van der Waals surface area contributed by atoms with Crippen LogP contribution in [0.2, 0.25) is 10.0 Å². The van der Waals surface area contributed by atoms with Gasteiger partial charge in [0.1, 0.15) is 11.4 Å². The summed E-state index contributed by atoms with van der Waals surface area (Å²) in [5.41, 5.74) is 2.28. The van der Waals surface area contributed by atoms with Gasteiger partial charge in [-0.1, -0.05) is 40.5 Å². The number of methoxy groups -OCH3 is 1. The Morgan fingerprint density at radius 2 is 2.00 bits per heavy atom. The third-order valence-corrected chi connectivity index (χ3v) is 6.28. The van der Waals surface area contributed by atoms with Gasteiger partial charge in [0.15, 0.2) is 5.76 Å². The smallest absolute Gasteiger partial charge is 0.251 e. The number of aromatic nitrogens is 1. The Kier molecular flexibility index (Phi) is 7.35. The zero-order chi connectivity index (χ0) is 22.5. The van der Waals surface area contributed by atoms with Crippen molar-refractivity contribution in [3.8, 4) is 17.0 Å².